The predicted octanol–water partition coefficient (Wildman–Crippen LogP) is 3.65. The van der Waals surface area contributed by atoms with Crippen LogP contribution in [0.25, 0.3) is 28.5 Å². The van der Waals surface area contributed by atoms with Crippen molar-refractivity contribution in [2.45, 2.75) is 19.0 Å². The number of aromatic nitrogens is 5. The molecule has 7 nitrogen and oxygen atoms in total. The molecule has 0 radical (unpaired) electrons. The molecule has 0 saturated carbocycles. The lowest BCUT2D eigenvalue weighted by atomic mass is 10.0. The van der Waals surface area contributed by atoms with Crippen molar-refractivity contribution >= 4 is 17.7 Å². The van der Waals surface area contributed by atoms with Gasteiger partial charge >= 0.3 is 6.18 Å². The highest BCUT2D eigenvalue weighted by atomic mass is 19.4. The van der Waals surface area contributed by atoms with Crippen molar-refractivity contribution in [2.24, 2.45) is 0 Å². The average Bonchev–Trinajstić information content (AvgIpc) is 3.40. The van der Waals surface area contributed by atoms with Gasteiger partial charge in [-0.1, -0.05) is 6.58 Å². The average molecular weight is 388 g/mol. The highest BCUT2D eigenvalue weighted by Crippen LogP contribution is 2.39. The van der Waals surface area contributed by atoms with Gasteiger partial charge < -0.3 is 4.90 Å². The first-order valence-electron chi connectivity index (χ1n) is 8.47. The van der Waals surface area contributed by atoms with Crippen LogP contribution in [-0.2, 0) is 11.0 Å². The molecule has 1 fully saturated rings. The zero-order valence-corrected chi connectivity index (χ0v) is 14.5. The van der Waals surface area contributed by atoms with E-state index in [4.69, 9.17) is 0 Å². The van der Waals surface area contributed by atoms with Gasteiger partial charge in [-0.05, 0) is 18.6 Å². The summed E-state index contributed by atoms with van der Waals surface area (Å²) in [5, 5.41) is 12.3. The monoisotopic (exact) mass is 388 g/mol. The summed E-state index contributed by atoms with van der Waals surface area (Å²) in [7, 11) is 0. The second-order valence-electron chi connectivity index (χ2n) is 6.29. The van der Waals surface area contributed by atoms with Crippen LogP contribution >= 0.6 is 0 Å². The fraction of sp³-hybridized carbons (Fsp3) is 0.222. The van der Waals surface area contributed by atoms with Crippen LogP contribution in [0.4, 0.5) is 18.9 Å². The summed E-state index contributed by atoms with van der Waals surface area (Å²) in [6.07, 6.45) is 2.12. The van der Waals surface area contributed by atoms with E-state index >= 15 is 0 Å². The van der Waals surface area contributed by atoms with Crippen LogP contribution in [0, 0.1) is 0 Å². The van der Waals surface area contributed by atoms with E-state index in [0.29, 0.717) is 41.9 Å². The molecular weight excluding hydrogens is 373 g/mol. The van der Waals surface area contributed by atoms with Crippen LogP contribution in [0.5, 0.6) is 0 Å². The lowest BCUT2D eigenvalue weighted by Gasteiger charge is -2.20. The first-order chi connectivity index (χ1) is 13.4. The van der Waals surface area contributed by atoms with Gasteiger partial charge in [-0.2, -0.15) is 23.4 Å². The summed E-state index contributed by atoms with van der Waals surface area (Å²) in [4.78, 5) is 18.1. The molecule has 1 aliphatic rings. The van der Waals surface area contributed by atoms with Crippen LogP contribution in [0.3, 0.4) is 0 Å². The lowest BCUT2D eigenvalue weighted by Crippen LogP contribution is -2.24. The Hall–Kier alpha value is -3.43. The van der Waals surface area contributed by atoms with Crippen LogP contribution in [0.15, 0.2) is 31.2 Å². The maximum absolute atomic E-state index is 13.2. The molecule has 4 rings (SSSR count). The third-order valence-corrected chi connectivity index (χ3v) is 4.61. The Morgan fingerprint density at radius 1 is 1.11 bits per heavy atom. The van der Waals surface area contributed by atoms with E-state index in [1.54, 1.807) is 17.2 Å². The number of H-pyrrole nitrogens is 2. The Bertz CT molecular complexity index is 1050. The molecule has 0 aliphatic carbocycles. The van der Waals surface area contributed by atoms with Crippen molar-refractivity contribution in [1.82, 2.24) is 25.4 Å². The molecule has 144 valence electrons. The highest BCUT2D eigenvalue weighted by Gasteiger charge is 2.36. The molecule has 0 bridgehead atoms. The molecule has 0 unspecified atom stereocenters. The van der Waals surface area contributed by atoms with Gasteiger partial charge in [0.1, 0.15) is 5.69 Å². The van der Waals surface area contributed by atoms with Gasteiger partial charge in [-0.15, -0.1) is 0 Å². The van der Waals surface area contributed by atoms with Gasteiger partial charge in [0.2, 0.25) is 5.91 Å². The number of pyridine rings is 1. The number of hydrogen-bond acceptors (Lipinski definition) is 4. The van der Waals surface area contributed by atoms with E-state index < -0.39 is 11.9 Å². The number of anilines is 1. The van der Waals surface area contributed by atoms with Crippen molar-refractivity contribution in [3.63, 3.8) is 0 Å². The van der Waals surface area contributed by atoms with Crippen LogP contribution in [0.1, 0.15) is 24.2 Å². The molecule has 1 aliphatic heterocycles. The quantitative estimate of drug-likeness (QED) is 0.714. The number of nitrogens with one attached hydrogen (secondary N) is 2. The lowest BCUT2D eigenvalue weighted by molar-refractivity contribution is -0.140. The van der Waals surface area contributed by atoms with Gasteiger partial charge in [0.25, 0.3) is 0 Å². The number of alkyl halides is 3. The van der Waals surface area contributed by atoms with E-state index in [1.807, 2.05) is 5.10 Å². The molecule has 3 aromatic heterocycles. The minimum atomic E-state index is -4.60. The standard InChI is InChI=1S/C18H15F3N6O/c1-2-13-10(8-23-25-13)11-7-22-14(6-15(11)27-5-3-4-16(27)28)12-9-24-26-17(12)18(19,20)21/h2,6-9H,1,3-5H2,(H,23,25)(H,24,26). The first-order valence-corrected chi connectivity index (χ1v) is 8.47. The minimum Gasteiger partial charge on any atom is -0.312 e. The first kappa shape index (κ1) is 18.0. The van der Waals surface area contributed by atoms with Gasteiger partial charge in [0, 0.05) is 30.3 Å². The SMILES string of the molecule is C=Cc1[nH]ncc1-c1cnc(-c2cn[nH]c2C(F)(F)F)cc1N1CCCC1=O. The predicted molar refractivity (Wildman–Crippen MR) is 96.1 cm³/mol. The molecule has 0 aromatic carbocycles. The van der Waals surface area contributed by atoms with Gasteiger partial charge in [-0.3, -0.25) is 20.0 Å². The topological polar surface area (TPSA) is 90.6 Å². The van der Waals surface area contributed by atoms with Crippen molar-refractivity contribution < 1.29 is 18.0 Å². The molecule has 4 heterocycles. The van der Waals surface area contributed by atoms with Crippen molar-refractivity contribution in [1.29, 1.82) is 0 Å². The van der Waals surface area contributed by atoms with Gasteiger partial charge in [-0.25, -0.2) is 0 Å². The highest BCUT2D eigenvalue weighted by molar-refractivity contribution is 6.00. The van der Waals surface area contributed by atoms with Crippen molar-refractivity contribution in [3.05, 3.63) is 42.6 Å². The van der Waals surface area contributed by atoms with Gasteiger partial charge in [0.15, 0.2) is 0 Å². The van der Waals surface area contributed by atoms with Crippen molar-refractivity contribution in [3.8, 4) is 22.4 Å². The second-order valence-corrected chi connectivity index (χ2v) is 6.29. The summed E-state index contributed by atoms with van der Waals surface area (Å²) in [5.74, 6) is -0.0923. The number of carbonyl (C=O) groups excluding carboxylic acids is 1. The normalized spacial score (nSPS) is 14.7. The Labute approximate surface area is 157 Å². The number of rotatable bonds is 4. The van der Waals surface area contributed by atoms with Crippen LogP contribution < -0.4 is 4.90 Å². The van der Waals surface area contributed by atoms with E-state index in [1.165, 1.54) is 12.3 Å². The number of carbonyl (C=O) groups is 1. The smallest absolute Gasteiger partial charge is 0.312 e. The van der Waals surface area contributed by atoms with E-state index in [-0.39, 0.29) is 17.2 Å². The summed E-state index contributed by atoms with van der Waals surface area (Å²) in [6.45, 7) is 4.20. The summed E-state index contributed by atoms with van der Waals surface area (Å²) in [5.41, 5.74) is 1.26. The fourth-order valence-electron chi connectivity index (χ4n) is 3.29. The Morgan fingerprint density at radius 3 is 2.54 bits per heavy atom. The molecule has 3 aromatic rings. The molecule has 10 heteroatoms. The van der Waals surface area contributed by atoms with E-state index in [2.05, 4.69) is 26.9 Å². The Kier molecular flexibility index (Phi) is 4.25. The minimum absolute atomic E-state index is 0.0724. The van der Waals surface area contributed by atoms with Crippen LogP contribution in [-0.4, -0.2) is 37.8 Å². The molecule has 2 N–H and O–H groups in total. The third-order valence-electron chi connectivity index (χ3n) is 4.61. The summed E-state index contributed by atoms with van der Waals surface area (Å²) in [6, 6.07) is 1.48. The van der Waals surface area contributed by atoms with Gasteiger partial charge in [0.05, 0.1) is 35.0 Å². The van der Waals surface area contributed by atoms with E-state index in [0.717, 1.165) is 6.20 Å². The summed E-state index contributed by atoms with van der Waals surface area (Å²) < 4.78 is 39.7. The summed E-state index contributed by atoms with van der Waals surface area (Å²) >= 11 is 0. The molecule has 1 amide bonds. The number of halogens is 3. The zero-order chi connectivity index (χ0) is 19.9. The number of amides is 1. The maximum atomic E-state index is 13.2. The number of nitrogens with zero attached hydrogens (tertiary/aromatic N) is 4. The molecule has 0 spiro atoms. The molecule has 1 saturated heterocycles. The second kappa shape index (κ2) is 6.63. The largest absolute Gasteiger partial charge is 0.433 e. The van der Waals surface area contributed by atoms with Crippen LogP contribution in [0.2, 0.25) is 0 Å². The fourth-order valence-corrected chi connectivity index (χ4v) is 3.29. The van der Waals surface area contributed by atoms with Crippen molar-refractivity contribution in [2.75, 3.05) is 11.4 Å². The molecular formula is C18H15F3N6O. The zero-order valence-electron chi connectivity index (χ0n) is 14.5. The Morgan fingerprint density at radius 2 is 1.86 bits per heavy atom. The molecule has 0 atom stereocenters. The number of aromatic amines is 2. The molecule has 28 heavy (non-hydrogen) atoms. The number of hydrogen-bond donors (Lipinski definition) is 2. The maximum Gasteiger partial charge on any atom is 0.433 e. The third kappa shape index (κ3) is 2.96. The van der Waals surface area contributed by atoms with E-state index in [9.17, 15) is 18.0 Å². The Balaban J connectivity index is 1.90.